The Morgan fingerprint density at radius 1 is 1.02 bits per heavy atom. The molecule has 1 atom stereocenters. The molecule has 0 radical (unpaired) electrons. The lowest BCUT2D eigenvalue weighted by molar-refractivity contribution is -0.115. The Bertz CT molecular complexity index is 1430. The van der Waals surface area contributed by atoms with Crippen LogP contribution in [0, 0.1) is 20.8 Å². The highest BCUT2D eigenvalue weighted by Gasteiger charge is 2.29. The van der Waals surface area contributed by atoms with E-state index in [1.54, 1.807) is 45.4 Å². The number of nitrogens with one attached hydrogen (secondary N) is 2. The van der Waals surface area contributed by atoms with Crippen molar-refractivity contribution in [2.45, 2.75) is 58.5 Å². The summed E-state index contributed by atoms with van der Waals surface area (Å²) < 4.78 is 11.9. The summed E-state index contributed by atoms with van der Waals surface area (Å²) in [4.78, 5) is 50.9. The summed E-state index contributed by atoms with van der Waals surface area (Å²) in [5.41, 5.74) is 3.21. The first kappa shape index (κ1) is 30.8. The van der Waals surface area contributed by atoms with Crippen molar-refractivity contribution in [1.29, 1.82) is 0 Å². The first-order valence-electron chi connectivity index (χ1n) is 12.7. The summed E-state index contributed by atoms with van der Waals surface area (Å²) in [7, 11) is 1.75. The third-order valence-electron chi connectivity index (χ3n) is 6.08. The van der Waals surface area contributed by atoms with Gasteiger partial charge in [0.15, 0.2) is 11.0 Å². The number of nitrogens with zero attached hydrogens (tertiary/aromatic N) is 3. The number of hydrogen-bond donors (Lipinski definition) is 2. The van der Waals surface area contributed by atoms with Gasteiger partial charge in [-0.25, -0.2) is 9.59 Å². The van der Waals surface area contributed by atoms with Gasteiger partial charge in [0.2, 0.25) is 5.91 Å². The Labute approximate surface area is 241 Å². The molecule has 2 aromatic heterocycles. The Morgan fingerprint density at radius 3 is 2.35 bits per heavy atom. The minimum Gasteiger partial charge on any atom is -0.462 e. The van der Waals surface area contributed by atoms with Gasteiger partial charge in [0.05, 0.1) is 30.6 Å². The maximum absolute atomic E-state index is 13.1. The molecule has 0 fully saturated rings. The fourth-order valence-electron chi connectivity index (χ4n) is 3.61. The van der Waals surface area contributed by atoms with E-state index in [9.17, 15) is 19.2 Å². The number of carbonyl (C=O) groups is 4. The third kappa shape index (κ3) is 7.07. The summed E-state index contributed by atoms with van der Waals surface area (Å²) in [6, 6.07) is 5.51. The fraction of sp³-hybridized carbons (Fsp3) is 0.407. The monoisotopic (exact) mass is 587 g/mol. The molecule has 13 heteroatoms. The predicted octanol–water partition coefficient (Wildman–Crippen LogP) is 4.20. The number of carbonyl (C=O) groups excluding carboxylic acids is 4. The quantitative estimate of drug-likeness (QED) is 0.249. The zero-order valence-corrected chi connectivity index (χ0v) is 25.2. The molecule has 2 amide bonds. The molecule has 0 saturated carbocycles. The maximum Gasteiger partial charge on any atom is 0.348 e. The molecule has 0 aliphatic carbocycles. The molecule has 11 nitrogen and oxygen atoms in total. The molecule has 0 aliphatic heterocycles. The highest BCUT2D eigenvalue weighted by atomic mass is 32.2. The van der Waals surface area contributed by atoms with E-state index in [-0.39, 0.29) is 41.1 Å². The third-order valence-corrected chi connectivity index (χ3v) is 8.40. The summed E-state index contributed by atoms with van der Waals surface area (Å²) in [6.45, 7) is 11.1. The molecule has 0 spiro atoms. The number of anilines is 1. The number of aryl methyl sites for hydroxylation is 2. The Morgan fingerprint density at radius 2 is 1.70 bits per heavy atom. The van der Waals surface area contributed by atoms with Crippen LogP contribution in [0.2, 0.25) is 0 Å². The van der Waals surface area contributed by atoms with Crippen molar-refractivity contribution in [2.75, 3.05) is 18.5 Å². The minimum absolute atomic E-state index is 0.126. The average Bonchev–Trinajstić information content (AvgIpc) is 3.42. The van der Waals surface area contributed by atoms with E-state index >= 15 is 0 Å². The largest absolute Gasteiger partial charge is 0.462 e. The van der Waals surface area contributed by atoms with Gasteiger partial charge in [-0.3, -0.25) is 9.59 Å². The number of benzene rings is 1. The van der Waals surface area contributed by atoms with E-state index in [0.29, 0.717) is 22.1 Å². The van der Waals surface area contributed by atoms with Gasteiger partial charge in [0, 0.05) is 12.6 Å². The van der Waals surface area contributed by atoms with Gasteiger partial charge >= 0.3 is 11.9 Å². The lowest BCUT2D eigenvalue weighted by Crippen LogP contribution is -2.25. The number of amides is 2. The Hall–Kier alpha value is -3.71. The molecule has 40 heavy (non-hydrogen) atoms. The molecular weight excluding hydrogens is 554 g/mol. The van der Waals surface area contributed by atoms with E-state index in [2.05, 4.69) is 20.8 Å². The van der Waals surface area contributed by atoms with Crippen molar-refractivity contribution in [3.05, 3.63) is 56.7 Å². The molecular formula is C27H33N5O6S2. The SMILES string of the molecule is CCOC(=O)c1sc(NC(=O)C(C)Sc2nnc(CNC(=O)c3ccc(C)c(C)c3)n2C)c(C(=O)OCC)c1C. The van der Waals surface area contributed by atoms with Gasteiger partial charge in [0.25, 0.3) is 5.91 Å². The highest BCUT2D eigenvalue weighted by Crippen LogP contribution is 2.35. The minimum atomic E-state index is -0.636. The van der Waals surface area contributed by atoms with Crippen LogP contribution in [0.1, 0.15) is 73.7 Å². The van der Waals surface area contributed by atoms with Crippen LogP contribution in [0.4, 0.5) is 5.00 Å². The first-order chi connectivity index (χ1) is 19.0. The van der Waals surface area contributed by atoms with Crippen molar-refractivity contribution < 1.29 is 28.7 Å². The van der Waals surface area contributed by atoms with Crippen molar-refractivity contribution in [3.63, 3.8) is 0 Å². The predicted molar refractivity (Wildman–Crippen MR) is 153 cm³/mol. The van der Waals surface area contributed by atoms with Crippen LogP contribution in [0.5, 0.6) is 0 Å². The molecule has 0 aliphatic rings. The zero-order valence-electron chi connectivity index (χ0n) is 23.5. The summed E-state index contributed by atoms with van der Waals surface area (Å²) in [5, 5.41) is 14.0. The van der Waals surface area contributed by atoms with Crippen LogP contribution >= 0.6 is 23.1 Å². The van der Waals surface area contributed by atoms with Gasteiger partial charge < -0.3 is 24.7 Å². The van der Waals surface area contributed by atoms with Crippen LogP contribution in [-0.4, -0.2) is 57.0 Å². The second kappa shape index (κ2) is 13.6. The number of thiophene rings is 1. The molecule has 214 valence electrons. The van der Waals surface area contributed by atoms with E-state index < -0.39 is 23.1 Å². The highest BCUT2D eigenvalue weighted by molar-refractivity contribution is 8.00. The number of thioether (sulfide) groups is 1. The topological polar surface area (TPSA) is 142 Å². The molecule has 2 N–H and O–H groups in total. The Kier molecular flexibility index (Phi) is 10.5. The number of aromatic nitrogens is 3. The van der Waals surface area contributed by atoms with E-state index in [1.807, 2.05) is 26.0 Å². The lowest BCUT2D eigenvalue weighted by atomic mass is 10.1. The Balaban J connectivity index is 1.69. The van der Waals surface area contributed by atoms with Crippen LogP contribution in [0.3, 0.4) is 0 Å². The first-order valence-corrected chi connectivity index (χ1v) is 14.4. The van der Waals surface area contributed by atoms with Gasteiger partial charge in [-0.2, -0.15) is 0 Å². The van der Waals surface area contributed by atoms with Gasteiger partial charge in [-0.05, 0) is 70.4 Å². The zero-order chi connectivity index (χ0) is 29.6. The molecule has 3 aromatic rings. The number of rotatable bonds is 11. The van der Waals surface area contributed by atoms with Crippen molar-refractivity contribution >= 4 is 51.9 Å². The summed E-state index contributed by atoms with van der Waals surface area (Å²) in [5.74, 6) is -1.32. The van der Waals surface area contributed by atoms with Crippen molar-refractivity contribution in [2.24, 2.45) is 7.05 Å². The molecule has 0 bridgehead atoms. The standard InChI is InChI=1S/C27H33N5O6S2/c1-8-37-25(35)20-16(5)21(26(36)38-9-2)40-24(20)29-22(33)17(6)39-27-31-30-19(32(27)7)13-28-23(34)18-11-10-14(3)15(4)12-18/h10-12,17H,8-9,13H2,1-7H3,(H,28,34)(H,29,33). The van der Waals surface area contributed by atoms with Gasteiger partial charge in [-0.1, -0.05) is 17.8 Å². The van der Waals surface area contributed by atoms with Crippen LogP contribution in [-0.2, 0) is 27.9 Å². The van der Waals surface area contributed by atoms with Gasteiger partial charge in [-0.15, -0.1) is 21.5 Å². The van der Waals surface area contributed by atoms with E-state index in [4.69, 9.17) is 9.47 Å². The van der Waals surface area contributed by atoms with E-state index in [0.717, 1.165) is 34.2 Å². The van der Waals surface area contributed by atoms with Crippen LogP contribution in [0.25, 0.3) is 0 Å². The molecule has 3 rings (SSSR count). The second-order valence-electron chi connectivity index (χ2n) is 8.89. The smallest absolute Gasteiger partial charge is 0.348 e. The molecule has 1 aromatic carbocycles. The summed E-state index contributed by atoms with van der Waals surface area (Å²) >= 11 is 2.13. The number of hydrogen-bond acceptors (Lipinski definition) is 10. The lowest BCUT2D eigenvalue weighted by Gasteiger charge is -2.12. The van der Waals surface area contributed by atoms with Gasteiger partial charge in [0.1, 0.15) is 9.88 Å². The second-order valence-corrected chi connectivity index (χ2v) is 11.2. The maximum atomic E-state index is 13.1. The van der Waals surface area contributed by atoms with E-state index in [1.165, 1.54) is 0 Å². The molecule has 1 unspecified atom stereocenters. The number of esters is 2. The molecule has 2 heterocycles. The average molecular weight is 588 g/mol. The normalized spacial score (nSPS) is 11.6. The number of ether oxygens (including phenoxy) is 2. The van der Waals surface area contributed by atoms with Crippen molar-refractivity contribution in [1.82, 2.24) is 20.1 Å². The fourth-order valence-corrected chi connectivity index (χ4v) is 5.54. The molecule has 0 saturated heterocycles. The summed E-state index contributed by atoms with van der Waals surface area (Å²) in [6.07, 6.45) is 0. The van der Waals surface area contributed by atoms with Crippen LogP contribution < -0.4 is 10.6 Å². The van der Waals surface area contributed by atoms with Crippen LogP contribution in [0.15, 0.2) is 23.4 Å². The van der Waals surface area contributed by atoms with Crippen molar-refractivity contribution in [3.8, 4) is 0 Å².